The Labute approximate surface area is 195 Å². The highest BCUT2D eigenvalue weighted by molar-refractivity contribution is 5.87. The van der Waals surface area contributed by atoms with Crippen molar-refractivity contribution in [1.29, 1.82) is 0 Å². The molecule has 1 unspecified atom stereocenters. The average Bonchev–Trinajstić information content (AvgIpc) is 2.85. The molecule has 0 bridgehead atoms. The maximum absolute atomic E-state index is 11.7. The first kappa shape index (κ1) is 23.7. The van der Waals surface area contributed by atoms with E-state index in [1.54, 1.807) is 19.1 Å². The Morgan fingerprint density at radius 3 is 1.73 bits per heavy atom. The molecule has 3 aromatic carbocycles. The van der Waals surface area contributed by atoms with E-state index in [2.05, 4.69) is 68.6 Å². The van der Waals surface area contributed by atoms with E-state index < -0.39 is 5.97 Å². The zero-order chi connectivity index (χ0) is 23.8. The van der Waals surface area contributed by atoms with Crippen LogP contribution in [0.2, 0.25) is 0 Å². The van der Waals surface area contributed by atoms with Crippen LogP contribution < -0.4 is 4.74 Å². The number of hydrogen-bond acceptors (Lipinski definition) is 4. The third kappa shape index (κ3) is 6.30. The van der Waals surface area contributed by atoms with Gasteiger partial charge in [0.1, 0.15) is 5.75 Å². The average molecular weight is 441 g/mol. The topological polar surface area (TPSA) is 52.6 Å². The van der Waals surface area contributed by atoms with Crippen LogP contribution in [0.15, 0.2) is 97.6 Å². The van der Waals surface area contributed by atoms with E-state index in [4.69, 9.17) is 9.47 Å². The molecule has 0 N–H and O–H groups in total. The molecule has 0 fully saturated rings. The van der Waals surface area contributed by atoms with E-state index >= 15 is 0 Å². The van der Waals surface area contributed by atoms with Gasteiger partial charge in [-0.25, -0.2) is 9.59 Å². The lowest BCUT2D eigenvalue weighted by Crippen LogP contribution is -2.12. The van der Waals surface area contributed by atoms with E-state index in [-0.39, 0.29) is 11.9 Å². The lowest BCUT2D eigenvalue weighted by molar-refractivity contribution is -0.139. The summed E-state index contributed by atoms with van der Waals surface area (Å²) in [6.07, 6.45) is 2.02. The molecule has 168 valence electrons. The van der Waals surface area contributed by atoms with Crippen molar-refractivity contribution < 1.29 is 19.1 Å². The first-order valence-electron chi connectivity index (χ1n) is 10.9. The van der Waals surface area contributed by atoms with Crippen LogP contribution in [-0.2, 0) is 14.3 Å². The van der Waals surface area contributed by atoms with Gasteiger partial charge in [0.25, 0.3) is 0 Å². The fourth-order valence-corrected chi connectivity index (χ4v) is 3.43. The zero-order valence-electron chi connectivity index (χ0n) is 19.0. The second-order valence-corrected chi connectivity index (χ2v) is 7.83. The van der Waals surface area contributed by atoms with Gasteiger partial charge in [0.15, 0.2) is 0 Å². The maximum Gasteiger partial charge on any atom is 0.335 e. The molecule has 0 aromatic heterocycles. The van der Waals surface area contributed by atoms with Crippen LogP contribution in [0, 0.1) is 0 Å². The Hall–Kier alpha value is -3.92. The van der Waals surface area contributed by atoms with Gasteiger partial charge in [0, 0.05) is 17.6 Å². The van der Waals surface area contributed by atoms with Crippen LogP contribution in [-0.4, -0.2) is 18.5 Å². The molecular formula is C29H28O4. The largest absolute Gasteiger partial charge is 0.462 e. The Bertz CT molecular complexity index is 1120. The standard InChI is InChI=1S/C29H28O4/c1-5-21(19-32-29(31)20(3)4)22-7-9-23(10-8-22)24-11-13-25(14-12-24)26-15-17-27(18-16-26)33-28(30)6-2/h6-18,21H,2-3,5,19H2,1,4H3. The number of benzene rings is 3. The van der Waals surface area contributed by atoms with Gasteiger partial charge in [0.05, 0.1) is 6.61 Å². The van der Waals surface area contributed by atoms with Crippen molar-refractivity contribution in [2.24, 2.45) is 0 Å². The summed E-state index contributed by atoms with van der Waals surface area (Å²) in [5, 5.41) is 0. The fourth-order valence-electron chi connectivity index (χ4n) is 3.43. The molecule has 0 aliphatic carbocycles. The van der Waals surface area contributed by atoms with E-state index in [1.807, 2.05) is 12.1 Å². The minimum Gasteiger partial charge on any atom is -0.462 e. The molecule has 0 saturated carbocycles. The number of carbonyl (C=O) groups is 2. The summed E-state index contributed by atoms with van der Waals surface area (Å²) in [5.41, 5.74) is 5.89. The van der Waals surface area contributed by atoms with E-state index in [9.17, 15) is 9.59 Å². The van der Waals surface area contributed by atoms with Crippen LogP contribution in [0.5, 0.6) is 5.75 Å². The molecule has 4 nitrogen and oxygen atoms in total. The number of carbonyl (C=O) groups excluding carboxylic acids is 2. The molecule has 0 heterocycles. The van der Waals surface area contributed by atoms with Crippen molar-refractivity contribution in [2.45, 2.75) is 26.2 Å². The third-order valence-corrected chi connectivity index (χ3v) is 5.43. The summed E-state index contributed by atoms with van der Waals surface area (Å²) in [5.74, 6) is -0.188. The van der Waals surface area contributed by atoms with Gasteiger partial charge in [-0.05, 0) is 53.3 Å². The molecule has 0 saturated heterocycles. The van der Waals surface area contributed by atoms with Gasteiger partial charge < -0.3 is 9.47 Å². The maximum atomic E-state index is 11.7. The Balaban J connectivity index is 1.68. The number of esters is 2. The minimum atomic E-state index is -0.476. The third-order valence-electron chi connectivity index (χ3n) is 5.43. The SMILES string of the molecule is C=CC(=O)Oc1ccc(-c2ccc(-c3ccc(C(CC)COC(=O)C(=C)C)cc3)cc2)cc1. The molecule has 3 aromatic rings. The summed E-state index contributed by atoms with van der Waals surface area (Å²) in [6, 6.07) is 24.0. The van der Waals surface area contributed by atoms with Crippen molar-refractivity contribution in [3.8, 4) is 28.0 Å². The predicted molar refractivity (Wildman–Crippen MR) is 132 cm³/mol. The summed E-state index contributed by atoms with van der Waals surface area (Å²) in [7, 11) is 0. The van der Waals surface area contributed by atoms with E-state index in [1.165, 1.54) is 0 Å². The van der Waals surface area contributed by atoms with Gasteiger partial charge in [-0.15, -0.1) is 0 Å². The lowest BCUT2D eigenvalue weighted by Gasteiger charge is -2.16. The second kappa shape index (κ2) is 11.1. The zero-order valence-corrected chi connectivity index (χ0v) is 19.0. The number of hydrogen-bond donors (Lipinski definition) is 0. The molecule has 0 radical (unpaired) electrons. The molecule has 33 heavy (non-hydrogen) atoms. The van der Waals surface area contributed by atoms with Crippen LogP contribution in [0.3, 0.4) is 0 Å². The van der Waals surface area contributed by atoms with Gasteiger partial charge in [-0.2, -0.15) is 0 Å². The highest BCUT2D eigenvalue weighted by Crippen LogP contribution is 2.28. The van der Waals surface area contributed by atoms with E-state index in [0.717, 1.165) is 40.3 Å². The molecule has 1 atom stereocenters. The van der Waals surface area contributed by atoms with Gasteiger partial charge in [-0.1, -0.05) is 80.7 Å². The number of ether oxygens (including phenoxy) is 2. The van der Waals surface area contributed by atoms with Crippen LogP contribution in [0.4, 0.5) is 0 Å². The first-order chi connectivity index (χ1) is 15.9. The minimum absolute atomic E-state index is 0.151. The van der Waals surface area contributed by atoms with Crippen molar-refractivity contribution in [3.05, 3.63) is 103 Å². The summed E-state index contributed by atoms with van der Waals surface area (Å²) < 4.78 is 10.5. The fraction of sp³-hybridized carbons (Fsp3) is 0.172. The molecular weight excluding hydrogens is 412 g/mol. The van der Waals surface area contributed by atoms with Crippen molar-refractivity contribution in [2.75, 3.05) is 6.61 Å². The molecule has 4 heteroatoms. The quantitative estimate of drug-likeness (QED) is 0.210. The van der Waals surface area contributed by atoms with Crippen LogP contribution >= 0.6 is 0 Å². The van der Waals surface area contributed by atoms with Crippen LogP contribution in [0.1, 0.15) is 31.7 Å². The van der Waals surface area contributed by atoms with Crippen molar-refractivity contribution in [3.63, 3.8) is 0 Å². The van der Waals surface area contributed by atoms with Crippen molar-refractivity contribution in [1.82, 2.24) is 0 Å². The number of rotatable bonds is 9. The monoisotopic (exact) mass is 440 g/mol. The highest BCUT2D eigenvalue weighted by Gasteiger charge is 2.13. The summed E-state index contributed by atoms with van der Waals surface area (Å²) >= 11 is 0. The smallest absolute Gasteiger partial charge is 0.335 e. The first-order valence-corrected chi connectivity index (χ1v) is 10.9. The second-order valence-electron chi connectivity index (χ2n) is 7.83. The van der Waals surface area contributed by atoms with Gasteiger partial charge >= 0.3 is 11.9 Å². The Morgan fingerprint density at radius 2 is 1.30 bits per heavy atom. The molecule has 0 spiro atoms. The normalized spacial score (nSPS) is 11.3. The van der Waals surface area contributed by atoms with Crippen LogP contribution in [0.25, 0.3) is 22.3 Å². The Morgan fingerprint density at radius 1 is 0.848 bits per heavy atom. The van der Waals surface area contributed by atoms with Gasteiger partial charge in [-0.3, -0.25) is 0 Å². The summed E-state index contributed by atoms with van der Waals surface area (Å²) in [6.45, 7) is 11.1. The van der Waals surface area contributed by atoms with E-state index in [0.29, 0.717) is 17.9 Å². The molecule has 0 amide bonds. The molecule has 0 aliphatic heterocycles. The lowest BCUT2D eigenvalue weighted by atomic mass is 9.94. The molecule has 3 rings (SSSR count). The van der Waals surface area contributed by atoms with Gasteiger partial charge in [0.2, 0.25) is 0 Å². The highest BCUT2D eigenvalue weighted by atomic mass is 16.5. The summed E-state index contributed by atoms with van der Waals surface area (Å²) in [4.78, 5) is 23.0. The Kier molecular flexibility index (Phi) is 7.98. The van der Waals surface area contributed by atoms with Crippen molar-refractivity contribution >= 4 is 11.9 Å². The molecule has 0 aliphatic rings. The predicted octanol–water partition coefficient (Wildman–Crippen LogP) is 6.72.